The molecular formula is C14H18N4OS. The molecule has 0 aromatic carbocycles. The lowest BCUT2D eigenvalue weighted by Crippen LogP contribution is -2.50. The Morgan fingerprint density at radius 1 is 1.65 bits per heavy atom. The van der Waals surface area contributed by atoms with Crippen LogP contribution in [0.25, 0.3) is 0 Å². The SMILES string of the molecule is N#CCCN(Cc1cccnc1)C(=O)C1CSCCN1. The van der Waals surface area contributed by atoms with E-state index in [1.165, 1.54) is 0 Å². The molecule has 0 radical (unpaired) electrons. The second-order valence-electron chi connectivity index (χ2n) is 4.61. The fourth-order valence-corrected chi connectivity index (χ4v) is 3.03. The molecule has 0 aliphatic carbocycles. The Bertz CT molecular complexity index is 468. The van der Waals surface area contributed by atoms with E-state index in [1.54, 1.807) is 29.1 Å². The minimum Gasteiger partial charge on any atom is -0.336 e. The summed E-state index contributed by atoms with van der Waals surface area (Å²) in [4.78, 5) is 18.3. The Morgan fingerprint density at radius 2 is 2.55 bits per heavy atom. The third-order valence-electron chi connectivity index (χ3n) is 3.12. The first-order valence-electron chi connectivity index (χ1n) is 6.67. The van der Waals surface area contributed by atoms with E-state index in [-0.39, 0.29) is 11.9 Å². The molecule has 106 valence electrons. The van der Waals surface area contributed by atoms with Crippen molar-refractivity contribution in [3.63, 3.8) is 0 Å². The Morgan fingerprint density at radius 3 is 3.20 bits per heavy atom. The second kappa shape index (κ2) is 7.88. The van der Waals surface area contributed by atoms with E-state index in [0.29, 0.717) is 19.5 Å². The van der Waals surface area contributed by atoms with Crippen LogP contribution in [0.4, 0.5) is 0 Å². The number of nitrogens with zero attached hydrogens (tertiary/aromatic N) is 3. The molecular weight excluding hydrogens is 272 g/mol. The van der Waals surface area contributed by atoms with Gasteiger partial charge < -0.3 is 10.2 Å². The highest BCUT2D eigenvalue weighted by molar-refractivity contribution is 7.99. The van der Waals surface area contributed by atoms with Crippen LogP contribution in [0.2, 0.25) is 0 Å². The maximum absolute atomic E-state index is 12.5. The highest BCUT2D eigenvalue weighted by Crippen LogP contribution is 2.12. The molecule has 2 heterocycles. The third kappa shape index (κ3) is 4.22. The van der Waals surface area contributed by atoms with Crippen molar-refractivity contribution in [2.24, 2.45) is 0 Å². The number of carbonyl (C=O) groups excluding carboxylic acids is 1. The molecule has 1 aromatic heterocycles. The molecule has 1 fully saturated rings. The molecule has 2 rings (SSSR count). The van der Waals surface area contributed by atoms with Gasteiger partial charge in [0.05, 0.1) is 18.5 Å². The average molecular weight is 290 g/mol. The lowest BCUT2D eigenvalue weighted by molar-refractivity contribution is -0.133. The lowest BCUT2D eigenvalue weighted by atomic mass is 10.2. The molecule has 1 atom stereocenters. The minimum atomic E-state index is -0.135. The van der Waals surface area contributed by atoms with Gasteiger partial charge in [-0.3, -0.25) is 9.78 Å². The molecule has 20 heavy (non-hydrogen) atoms. The van der Waals surface area contributed by atoms with E-state index in [4.69, 9.17) is 5.26 Å². The second-order valence-corrected chi connectivity index (χ2v) is 5.76. The normalized spacial score (nSPS) is 18.2. The van der Waals surface area contributed by atoms with Crippen molar-refractivity contribution in [2.75, 3.05) is 24.6 Å². The summed E-state index contributed by atoms with van der Waals surface area (Å²) in [6, 6.07) is 5.78. The predicted molar refractivity (Wildman–Crippen MR) is 79.0 cm³/mol. The molecule has 5 nitrogen and oxygen atoms in total. The van der Waals surface area contributed by atoms with E-state index in [0.717, 1.165) is 23.6 Å². The Hall–Kier alpha value is -1.58. The largest absolute Gasteiger partial charge is 0.336 e. The number of amides is 1. The molecule has 1 amide bonds. The summed E-state index contributed by atoms with van der Waals surface area (Å²) in [5.41, 5.74) is 0.988. The van der Waals surface area contributed by atoms with Gasteiger partial charge in [0.15, 0.2) is 0 Å². The van der Waals surface area contributed by atoms with Gasteiger partial charge in [0, 0.05) is 43.5 Å². The maximum Gasteiger partial charge on any atom is 0.240 e. The summed E-state index contributed by atoms with van der Waals surface area (Å²) in [6.07, 6.45) is 3.83. The van der Waals surface area contributed by atoms with Gasteiger partial charge in [0.25, 0.3) is 0 Å². The van der Waals surface area contributed by atoms with E-state index < -0.39 is 0 Å². The summed E-state index contributed by atoms with van der Waals surface area (Å²) in [5, 5.41) is 12.0. The van der Waals surface area contributed by atoms with Crippen molar-refractivity contribution in [1.82, 2.24) is 15.2 Å². The van der Waals surface area contributed by atoms with E-state index in [2.05, 4.69) is 16.4 Å². The van der Waals surface area contributed by atoms with Crippen LogP contribution in [0, 0.1) is 11.3 Å². The van der Waals surface area contributed by atoms with Crippen LogP contribution in [0.1, 0.15) is 12.0 Å². The average Bonchev–Trinajstić information content (AvgIpc) is 2.52. The van der Waals surface area contributed by atoms with Gasteiger partial charge in [-0.15, -0.1) is 0 Å². The van der Waals surface area contributed by atoms with E-state index in [1.807, 2.05) is 12.1 Å². The first-order chi connectivity index (χ1) is 9.81. The highest BCUT2D eigenvalue weighted by atomic mass is 32.2. The van der Waals surface area contributed by atoms with Crippen LogP contribution < -0.4 is 5.32 Å². The molecule has 0 spiro atoms. The predicted octanol–water partition coefficient (Wildman–Crippen LogP) is 1.03. The van der Waals surface area contributed by atoms with Gasteiger partial charge in [0.2, 0.25) is 5.91 Å². The number of thioether (sulfide) groups is 1. The maximum atomic E-state index is 12.5. The van der Waals surface area contributed by atoms with Crippen LogP contribution in [0.5, 0.6) is 0 Å². The van der Waals surface area contributed by atoms with Crippen molar-refractivity contribution in [3.05, 3.63) is 30.1 Å². The van der Waals surface area contributed by atoms with Crippen LogP contribution in [0.15, 0.2) is 24.5 Å². The summed E-state index contributed by atoms with van der Waals surface area (Å²) in [6.45, 7) is 1.84. The van der Waals surface area contributed by atoms with Gasteiger partial charge in [-0.2, -0.15) is 17.0 Å². The first kappa shape index (κ1) is 14.8. The highest BCUT2D eigenvalue weighted by Gasteiger charge is 2.25. The van der Waals surface area contributed by atoms with E-state index >= 15 is 0 Å². The smallest absolute Gasteiger partial charge is 0.240 e. The number of pyridine rings is 1. The van der Waals surface area contributed by atoms with Crippen LogP contribution >= 0.6 is 11.8 Å². The topological polar surface area (TPSA) is 69.0 Å². The third-order valence-corrected chi connectivity index (χ3v) is 4.18. The van der Waals surface area contributed by atoms with Gasteiger partial charge >= 0.3 is 0 Å². The lowest BCUT2D eigenvalue weighted by Gasteiger charge is -2.29. The first-order valence-corrected chi connectivity index (χ1v) is 7.82. The van der Waals surface area contributed by atoms with Crippen LogP contribution in [-0.4, -0.2) is 46.4 Å². The van der Waals surface area contributed by atoms with Crippen molar-refractivity contribution in [2.45, 2.75) is 19.0 Å². The molecule has 0 saturated carbocycles. The zero-order chi connectivity index (χ0) is 14.2. The van der Waals surface area contributed by atoms with Crippen molar-refractivity contribution >= 4 is 17.7 Å². The van der Waals surface area contributed by atoms with E-state index in [9.17, 15) is 4.79 Å². The molecule has 1 N–H and O–H groups in total. The van der Waals surface area contributed by atoms with Crippen LogP contribution in [-0.2, 0) is 11.3 Å². The number of hydrogen-bond donors (Lipinski definition) is 1. The molecule has 1 saturated heterocycles. The zero-order valence-corrected chi connectivity index (χ0v) is 12.1. The fraction of sp³-hybridized carbons (Fsp3) is 0.500. The summed E-state index contributed by atoms with van der Waals surface area (Å²) in [7, 11) is 0. The number of hydrogen-bond acceptors (Lipinski definition) is 5. The summed E-state index contributed by atoms with van der Waals surface area (Å²) < 4.78 is 0. The van der Waals surface area contributed by atoms with Crippen molar-refractivity contribution < 1.29 is 4.79 Å². The quantitative estimate of drug-likeness (QED) is 0.877. The summed E-state index contributed by atoms with van der Waals surface area (Å²) in [5.74, 6) is 1.93. The minimum absolute atomic E-state index is 0.0799. The van der Waals surface area contributed by atoms with Crippen molar-refractivity contribution in [3.8, 4) is 6.07 Å². The Kier molecular flexibility index (Phi) is 5.84. The Balaban J connectivity index is 2.02. The number of nitriles is 1. The van der Waals surface area contributed by atoms with Gasteiger partial charge in [-0.05, 0) is 11.6 Å². The number of aromatic nitrogens is 1. The Labute approximate surface area is 123 Å². The van der Waals surface area contributed by atoms with Crippen molar-refractivity contribution in [1.29, 1.82) is 5.26 Å². The van der Waals surface area contributed by atoms with Gasteiger partial charge in [-0.25, -0.2) is 0 Å². The summed E-state index contributed by atoms with van der Waals surface area (Å²) >= 11 is 1.79. The number of rotatable bonds is 5. The number of nitrogens with one attached hydrogen (secondary N) is 1. The molecule has 1 aliphatic rings. The molecule has 1 aliphatic heterocycles. The molecule has 1 aromatic rings. The standard InChI is InChI=1S/C14H18N4OS/c15-4-2-7-18(10-12-3-1-5-16-9-12)14(19)13-11-20-8-6-17-13/h1,3,5,9,13,17H,2,6-8,10-11H2. The zero-order valence-electron chi connectivity index (χ0n) is 11.3. The van der Waals surface area contributed by atoms with Gasteiger partial charge in [-0.1, -0.05) is 6.07 Å². The molecule has 0 bridgehead atoms. The van der Waals surface area contributed by atoms with Gasteiger partial charge in [0.1, 0.15) is 0 Å². The number of carbonyl (C=O) groups is 1. The van der Waals surface area contributed by atoms with Crippen LogP contribution in [0.3, 0.4) is 0 Å². The molecule has 1 unspecified atom stereocenters. The molecule has 6 heteroatoms. The fourth-order valence-electron chi connectivity index (χ4n) is 2.11. The monoisotopic (exact) mass is 290 g/mol.